The molecule has 3 rings (SSSR count). The Hall–Kier alpha value is -2.40. The Bertz CT molecular complexity index is 1050. The van der Waals surface area contributed by atoms with Gasteiger partial charge in [0.2, 0.25) is 5.91 Å². The molecule has 0 aliphatic carbocycles. The summed E-state index contributed by atoms with van der Waals surface area (Å²) in [4.78, 5) is 24.8. The van der Waals surface area contributed by atoms with Crippen LogP contribution >= 0.6 is 34.4 Å². The van der Waals surface area contributed by atoms with Gasteiger partial charge in [-0.15, -0.1) is 10.2 Å². The molecule has 1 atom stereocenters. The van der Waals surface area contributed by atoms with Crippen molar-refractivity contribution in [3.05, 3.63) is 69.1 Å². The van der Waals surface area contributed by atoms with Gasteiger partial charge in [0, 0.05) is 21.9 Å². The van der Waals surface area contributed by atoms with Crippen LogP contribution in [0.25, 0.3) is 0 Å². The number of amides is 2. The second-order valence-corrected chi connectivity index (χ2v) is 8.94. The molecule has 0 aliphatic rings. The van der Waals surface area contributed by atoms with E-state index in [2.05, 4.69) is 43.4 Å². The number of hydrogen-bond acceptors (Lipinski definition) is 5. The number of hydrogen-bond donors (Lipinski definition) is 2. The zero-order valence-electron chi connectivity index (χ0n) is 16.8. The number of aromatic nitrogens is 3. The lowest BCUT2D eigenvalue weighted by atomic mass is 10.1. The van der Waals surface area contributed by atoms with Crippen LogP contribution < -0.4 is 10.6 Å². The molecule has 0 fully saturated rings. The van der Waals surface area contributed by atoms with Gasteiger partial charge in [-0.2, -0.15) is 0 Å². The van der Waals surface area contributed by atoms with Gasteiger partial charge in [-0.1, -0.05) is 30.0 Å². The average molecular weight is 535 g/mol. The third-order valence-electron chi connectivity index (χ3n) is 4.45. The number of aryl methyl sites for hydroxylation is 1. The van der Waals surface area contributed by atoms with E-state index in [0.29, 0.717) is 16.5 Å². The molecule has 2 amide bonds. The minimum Gasteiger partial charge on any atom is -0.342 e. The van der Waals surface area contributed by atoms with Crippen LogP contribution in [0.15, 0.2) is 53.7 Å². The Morgan fingerprint density at radius 1 is 1.13 bits per heavy atom. The van der Waals surface area contributed by atoms with Gasteiger partial charge in [-0.05, 0) is 72.3 Å². The maximum Gasteiger partial charge on any atom is 0.252 e. The molecular weight excluding hydrogens is 513 g/mol. The number of carbonyl (C=O) groups is 2. The van der Waals surface area contributed by atoms with Crippen molar-refractivity contribution < 1.29 is 9.59 Å². The number of rotatable bonds is 7. The van der Waals surface area contributed by atoms with Gasteiger partial charge in [0.15, 0.2) is 11.0 Å². The van der Waals surface area contributed by atoms with Crippen LogP contribution in [0, 0.1) is 10.5 Å². The lowest BCUT2D eigenvalue weighted by Gasteiger charge is -2.14. The summed E-state index contributed by atoms with van der Waals surface area (Å²) in [7, 11) is 1.82. The summed E-state index contributed by atoms with van der Waals surface area (Å²) in [6.07, 6.45) is 0. The number of nitrogens with zero attached hydrogens (tertiary/aromatic N) is 3. The van der Waals surface area contributed by atoms with Crippen molar-refractivity contribution in [1.29, 1.82) is 0 Å². The highest BCUT2D eigenvalue weighted by molar-refractivity contribution is 14.1. The van der Waals surface area contributed by atoms with Crippen molar-refractivity contribution in [3.8, 4) is 0 Å². The number of nitrogens with one attached hydrogen (secondary N) is 2. The summed E-state index contributed by atoms with van der Waals surface area (Å²) in [5, 5.41) is 14.8. The van der Waals surface area contributed by atoms with Gasteiger partial charge in [0.1, 0.15) is 0 Å². The molecule has 0 unspecified atom stereocenters. The summed E-state index contributed by atoms with van der Waals surface area (Å²) >= 11 is 3.51. The average Bonchev–Trinajstić information content (AvgIpc) is 3.09. The summed E-state index contributed by atoms with van der Waals surface area (Å²) in [5.41, 5.74) is 2.30. The van der Waals surface area contributed by atoms with Gasteiger partial charge >= 0.3 is 0 Å². The Morgan fingerprint density at radius 3 is 2.53 bits per heavy atom. The Balaban J connectivity index is 1.58. The first kappa shape index (κ1) is 22.3. The van der Waals surface area contributed by atoms with Crippen LogP contribution in [-0.2, 0) is 11.8 Å². The Morgan fingerprint density at radius 2 is 1.83 bits per heavy atom. The summed E-state index contributed by atoms with van der Waals surface area (Å²) in [6, 6.07) is 14.7. The SMILES string of the molecule is Cc1ccccc1C(=O)N[C@@H](C)c1nnc(SCC(=O)Nc2ccc(I)cc2)n1C. The zero-order valence-corrected chi connectivity index (χ0v) is 19.8. The van der Waals surface area contributed by atoms with Crippen molar-refractivity contribution in [2.75, 3.05) is 11.1 Å². The molecule has 3 aromatic rings. The number of thioether (sulfide) groups is 1. The van der Waals surface area contributed by atoms with E-state index in [1.165, 1.54) is 11.8 Å². The fraction of sp³-hybridized carbons (Fsp3) is 0.238. The highest BCUT2D eigenvalue weighted by atomic mass is 127. The van der Waals surface area contributed by atoms with Gasteiger partial charge in [-0.25, -0.2) is 0 Å². The number of halogens is 1. The lowest BCUT2D eigenvalue weighted by Crippen LogP contribution is -2.29. The van der Waals surface area contributed by atoms with Crippen LogP contribution in [0.3, 0.4) is 0 Å². The van der Waals surface area contributed by atoms with Crippen molar-refractivity contribution >= 4 is 51.9 Å². The molecule has 7 nitrogen and oxygen atoms in total. The number of anilines is 1. The molecule has 9 heteroatoms. The van der Waals surface area contributed by atoms with Crippen LogP contribution in [0.2, 0.25) is 0 Å². The summed E-state index contributed by atoms with van der Waals surface area (Å²) < 4.78 is 2.90. The molecule has 0 radical (unpaired) electrons. The normalized spacial score (nSPS) is 11.7. The first-order chi connectivity index (χ1) is 14.3. The smallest absolute Gasteiger partial charge is 0.252 e. The fourth-order valence-corrected chi connectivity index (χ4v) is 3.93. The van der Waals surface area contributed by atoms with E-state index in [9.17, 15) is 9.59 Å². The third kappa shape index (κ3) is 5.60. The van der Waals surface area contributed by atoms with E-state index < -0.39 is 0 Å². The van der Waals surface area contributed by atoms with Gasteiger partial charge in [-0.3, -0.25) is 9.59 Å². The molecule has 0 saturated heterocycles. The summed E-state index contributed by atoms with van der Waals surface area (Å²) in [6.45, 7) is 3.76. The van der Waals surface area contributed by atoms with Crippen LogP contribution in [-0.4, -0.2) is 32.3 Å². The maximum atomic E-state index is 12.5. The summed E-state index contributed by atoms with van der Waals surface area (Å²) in [5.74, 6) is 0.556. The highest BCUT2D eigenvalue weighted by Gasteiger charge is 2.19. The third-order valence-corrected chi connectivity index (χ3v) is 6.19. The first-order valence-electron chi connectivity index (χ1n) is 9.29. The van der Waals surface area contributed by atoms with Crippen LogP contribution in [0.5, 0.6) is 0 Å². The van der Waals surface area contributed by atoms with E-state index in [-0.39, 0.29) is 23.6 Å². The van der Waals surface area contributed by atoms with Gasteiger partial charge in [0.05, 0.1) is 11.8 Å². The van der Waals surface area contributed by atoms with Gasteiger partial charge in [0.25, 0.3) is 5.91 Å². The fourth-order valence-electron chi connectivity index (χ4n) is 2.86. The highest BCUT2D eigenvalue weighted by Crippen LogP contribution is 2.20. The quantitative estimate of drug-likeness (QED) is 0.354. The molecule has 0 aliphatic heterocycles. The number of carbonyl (C=O) groups excluding carboxylic acids is 2. The molecule has 0 saturated carbocycles. The van der Waals surface area contributed by atoms with E-state index in [1.807, 2.05) is 63.4 Å². The zero-order chi connectivity index (χ0) is 21.7. The number of benzene rings is 2. The van der Waals surface area contributed by atoms with Crippen LogP contribution in [0.1, 0.15) is 34.7 Å². The molecule has 0 bridgehead atoms. The van der Waals surface area contributed by atoms with Crippen molar-refractivity contribution in [1.82, 2.24) is 20.1 Å². The lowest BCUT2D eigenvalue weighted by molar-refractivity contribution is -0.113. The van der Waals surface area contributed by atoms with E-state index in [0.717, 1.165) is 14.8 Å². The second kappa shape index (κ2) is 10.1. The first-order valence-corrected chi connectivity index (χ1v) is 11.4. The van der Waals surface area contributed by atoms with E-state index >= 15 is 0 Å². The van der Waals surface area contributed by atoms with E-state index in [4.69, 9.17) is 0 Å². The monoisotopic (exact) mass is 535 g/mol. The topological polar surface area (TPSA) is 88.9 Å². The van der Waals surface area contributed by atoms with Gasteiger partial charge < -0.3 is 15.2 Å². The molecule has 0 spiro atoms. The molecule has 1 heterocycles. The molecule has 1 aromatic heterocycles. The van der Waals surface area contributed by atoms with Crippen molar-refractivity contribution in [3.63, 3.8) is 0 Å². The van der Waals surface area contributed by atoms with Crippen molar-refractivity contribution in [2.24, 2.45) is 7.05 Å². The predicted octanol–water partition coefficient (Wildman–Crippen LogP) is 3.95. The van der Waals surface area contributed by atoms with Crippen molar-refractivity contribution in [2.45, 2.75) is 25.0 Å². The Kier molecular flexibility index (Phi) is 7.48. The second-order valence-electron chi connectivity index (χ2n) is 6.75. The standard InChI is InChI=1S/C21H22IN5O2S/c1-13-6-4-5-7-17(13)20(29)23-14(2)19-25-26-21(27(19)3)30-12-18(28)24-16-10-8-15(22)9-11-16/h4-11,14H,12H2,1-3H3,(H,23,29)(H,24,28)/t14-/m0/s1. The molecule has 156 valence electrons. The largest absolute Gasteiger partial charge is 0.342 e. The van der Waals surface area contributed by atoms with Crippen LogP contribution in [0.4, 0.5) is 5.69 Å². The predicted molar refractivity (Wildman–Crippen MR) is 127 cm³/mol. The molecule has 2 aromatic carbocycles. The Labute approximate surface area is 193 Å². The maximum absolute atomic E-state index is 12.5. The van der Waals surface area contributed by atoms with E-state index in [1.54, 1.807) is 10.6 Å². The molecule has 30 heavy (non-hydrogen) atoms. The minimum absolute atomic E-state index is 0.119. The molecular formula is C21H22IN5O2S. The minimum atomic E-state index is -0.329. The molecule has 2 N–H and O–H groups in total.